The molecule has 0 amide bonds. The van der Waals surface area contributed by atoms with Crippen LogP contribution in [0.1, 0.15) is 19.3 Å². The largest absolute Gasteiger partial charge is 0.381 e. The van der Waals surface area contributed by atoms with Crippen molar-refractivity contribution >= 4 is 0 Å². The molecule has 3 aliphatic carbocycles. The van der Waals surface area contributed by atoms with Gasteiger partial charge in [0, 0.05) is 5.92 Å². The molecule has 3 fully saturated rings. The molecule has 2 heterocycles. The first-order valence-electron chi connectivity index (χ1n) is 6.21. The standard InChI is InChI=1S/C13H18O/c1-2-9-8-4-5-11-12(7-14-6-8)13(11)10(9)3-1/h4-5,8-13H,1-3,6-7H2/t8-,9-,10-,11?,12-,13?/m1/s1. The van der Waals surface area contributed by atoms with Crippen molar-refractivity contribution in [3.63, 3.8) is 0 Å². The van der Waals surface area contributed by atoms with E-state index in [1.807, 2.05) is 0 Å². The molecular formula is C13H18O. The second-order valence-corrected chi connectivity index (χ2v) is 5.66. The first-order chi connectivity index (χ1) is 6.95. The molecule has 0 spiro atoms. The summed E-state index contributed by atoms with van der Waals surface area (Å²) in [6.07, 6.45) is 9.49. The van der Waals surface area contributed by atoms with E-state index in [2.05, 4.69) is 12.2 Å². The number of rotatable bonds is 0. The summed E-state index contributed by atoms with van der Waals surface area (Å²) < 4.78 is 5.82. The van der Waals surface area contributed by atoms with Gasteiger partial charge in [0.1, 0.15) is 0 Å². The van der Waals surface area contributed by atoms with Gasteiger partial charge in [-0.05, 0) is 42.4 Å². The summed E-state index contributed by atoms with van der Waals surface area (Å²) >= 11 is 0. The van der Waals surface area contributed by atoms with Crippen LogP contribution in [0.25, 0.3) is 0 Å². The molecule has 76 valence electrons. The number of allylic oxidation sites excluding steroid dienone is 1. The third-order valence-corrected chi connectivity index (χ3v) is 5.16. The fraction of sp³-hybridized carbons (Fsp3) is 0.846. The lowest BCUT2D eigenvalue weighted by Crippen LogP contribution is -2.26. The second kappa shape index (κ2) is 2.63. The van der Waals surface area contributed by atoms with Crippen molar-refractivity contribution in [2.45, 2.75) is 19.3 Å². The lowest BCUT2D eigenvalue weighted by Gasteiger charge is -2.28. The van der Waals surface area contributed by atoms with E-state index < -0.39 is 0 Å². The quantitative estimate of drug-likeness (QED) is 0.533. The fourth-order valence-electron chi connectivity index (χ4n) is 4.48. The van der Waals surface area contributed by atoms with Crippen molar-refractivity contribution < 1.29 is 4.74 Å². The Kier molecular flexibility index (Phi) is 1.49. The van der Waals surface area contributed by atoms with E-state index in [-0.39, 0.29) is 0 Å². The highest BCUT2D eigenvalue weighted by molar-refractivity contribution is 5.18. The Morgan fingerprint density at radius 1 is 0.929 bits per heavy atom. The molecule has 2 unspecified atom stereocenters. The smallest absolute Gasteiger partial charge is 0.0531 e. The van der Waals surface area contributed by atoms with E-state index in [1.165, 1.54) is 19.3 Å². The number of hydrogen-bond donors (Lipinski definition) is 0. The Hall–Kier alpha value is -0.300. The molecule has 0 N–H and O–H groups in total. The van der Waals surface area contributed by atoms with Gasteiger partial charge >= 0.3 is 0 Å². The molecule has 0 aromatic carbocycles. The average molecular weight is 190 g/mol. The van der Waals surface area contributed by atoms with E-state index in [9.17, 15) is 0 Å². The maximum Gasteiger partial charge on any atom is 0.0531 e. The fourth-order valence-corrected chi connectivity index (χ4v) is 4.48. The normalized spacial score (nSPS) is 58.9. The zero-order valence-corrected chi connectivity index (χ0v) is 8.56. The van der Waals surface area contributed by atoms with Gasteiger partial charge < -0.3 is 4.74 Å². The number of hydrogen-bond acceptors (Lipinski definition) is 1. The summed E-state index contributed by atoms with van der Waals surface area (Å²) in [5.41, 5.74) is 0. The summed E-state index contributed by atoms with van der Waals surface area (Å²) in [5.74, 6) is 5.63. The highest BCUT2D eigenvalue weighted by Crippen LogP contribution is 2.61. The van der Waals surface area contributed by atoms with Crippen molar-refractivity contribution in [2.24, 2.45) is 35.5 Å². The topological polar surface area (TPSA) is 9.23 Å². The van der Waals surface area contributed by atoms with Gasteiger partial charge in [-0.25, -0.2) is 0 Å². The van der Waals surface area contributed by atoms with E-state index in [0.29, 0.717) is 0 Å². The molecule has 0 aromatic heterocycles. The Morgan fingerprint density at radius 3 is 2.86 bits per heavy atom. The second-order valence-electron chi connectivity index (χ2n) is 5.66. The first-order valence-corrected chi connectivity index (χ1v) is 6.21. The summed E-state index contributed by atoms with van der Waals surface area (Å²) in [6, 6.07) is 0. The minimum atomic E-state index is 0.760. The summed E-state index contributed by atoms with van der Waals surface area (Å²) in [6.45, 7) is 2.06. The number of fused-ring (bicyclic) bond motifs is 2. The lowest BCUT2D eigenvalue weighted by molar-refractivity contribution is 0.0525. The van der Waals surface area contributed by atoms with Crippen LogP contribution in [0.3, 0.4) is 0 Å². The minimum absolute atomic E-state index is 0.760. The van der Waals surface area contributed by atoms with Crippen LogP contribution < -0.4 is 0 Å². The molecule has 2 saturated carbocycles. The predicted octanol–water partition coefficient (Wildman–Crippen LogP) is 2.48. The molecule has 14 heavy (non-hydrogen) atoms. The zero-order valence-electron chi connectivity index (χ0n) is 8.56. The maximum atomic E-state index is 5.82. The van der Waals surface area contributed by atoms with Crippen molar-refractivity contribution in [2.75, 3.05) is 13.2 Å². The molecule has 1 heteroatoms. The van der Waals surface area contributed by atoms with Crippen LogP contribution in [0.2, 0.25) is 0 Å². The highest BCUT2D eigenvalue weighted by Gasteiger charge is 2.58. The van der Waals surface area contributed by atoms with Crippen LogP contribution in [-0.4, -0.2) is 13.2 Å². The summed E-state index contributed by atoms with van der Waals surface area (Å²) in [7, 11) is 0. The van der Waals surface area contributed by atoms with Crippen LogP contribution >= 0.6 is 0 Å². The molecule has 0 aromatic rings. The molecule has 1 saturated heterocycles. The number of ether oxygens (including phenoxy) is 1. The Balaban J connectivity index is 1.76. The monoisotopic (exact) mass is 190 g/mol. The molecule has 1 nitrogen and oxygen atoms in total. The zero-order chi connectivity index (χ0) is 9.12. The maximum absolute atomic E-state index is 5.82. The predicted molar refractivity (Wildman–Crippen MR) is 54.8 cm³/mol. The molecule has 4 bridgehead atoms. The van der Waals surface area contributed by atoms with Gasteiger partial charge in [-0.3, -0.25) is 0 Å². The van der Waals surface area contributed by atoms with Crippen LogP contribution in [0.5, 0.6) is 0 Å². The Labute approximate surface area is 85.5 Å². The molecule has 5 aliphatic rings. The van der Waals surface area contributed by atoms with Gasteiger partial charge in [0.15, 0.2) is 0 Å². The van der Waals surface area contributed by atoms with Crippen molar-refractivity contribution in [3.8, 4) is 0 Å². The van der Waals surface area contributed by atoms with Crippen LogP contribution in [-0.2, 0) is 4.74 Å². The van der Waals surface area contributed by atoms with E-state index in [4.69, 9.17) is 4.74 Å². The Bertz CT molecular complexity index is 283. The van der Waals surface area contributed by atoms with Crippen molar-refractivity contribution in [1.82, 2.24) is 0 Å². The SMILES string of the molecule is C1=C[C@@H]2COC[C@@H]3C1C3[C@@H]1CCC[C@H]21. The van der Waals surface area contributed by atoms with Crippen LogP contribution in [0.4, 0.5) is 0 Å². The van der Waals surface area contributed by atoms with Gasteiger partial charge in [-0.15, -0.1) is 0 Å². The molecular weight excluding hydrogens is 172 g/mol. The van der Waals surface area contributed by atoms with Gasteiger partial charge in [0.2, 0.25) is 0 Å². The minimum Gasteiger partial charge on any atom is -0.381 e. The van der Waals surface area contributed by atoms with Gasteiger partial charge in [-0.1, -0.05) is 18.6 Å². The van der Waals surface area contributed by atoms with Gasteiger partial charge in [0.05, 0.1) is 13.2 Å². The summed E-state index contributed by atoms with van der Waals surface area (Å²) in [4.78, 5) is 0. The average Bonchev–Trinajstić information content (AvgIpc) is 2.63. The first kappa shape index (κ1) is 7.92. The van der Waals surface area contributed by atoms with E-state index in [1.54, 1.807) is 0 Å². The van der Waals surface area contributed by atoms with Gasteiger partial charge in [0.25, 0.3) is 0 Å². The highest BCUT2D eigenvalue weighted by atomic mass is 16.5. The van der Waals surface area contributed by atoms with Crippen LogP contribution in [0.15, 0.2) is 12.2 Å². The molecule has 0 radical (unpaired) electrons. The van der Waals surface area contributed by atoms with Crippen LogP contribution in [0, 0.1) is 35.5 Å². The van der Waals surface area contributed by atoms with Crippen molar-refractivity contribution in [3.05, 3.63) is 12.2 Å². The van der Waals surface area contributed by atoms with Crippen molar-refractivity contribution in [1.29, 1.82) is 0 Å². The molecule has 2 aliphatic heterocycles. The van der Waals surface area contributed by atoms with Gasteiger partial charge in [-0.2, -0.15) is 0 Å². The molecule has 6 atom stereocenters. The lowest BCUT2D eigenvalue weighted by atomic mass is 9.81. The Morgan fingerprint density at radius 2 is 1.86 bits per heavy atom. The summed E-state index contributed by atoms with van der Waals surface area (Å²) in [5, 5.41) is 0. The van der Waals surface area contributed by atoms with E-state index >= 15 is 0 Å². The third-order valence-electron chi connectivity index (χ3n) is 5.16. The molecule has 5 rings (SSSR count). The third kappa shape index (κ3) is 0.894. The van der Waals surface area contributed by atoms with E-state index in [0.717, 1.165) is 48.7 Å².